The minimum Gasteiger partial charge on any atom is -0.506 e. The number of hydrogen-bond acceptors (Lipinski definition) is 10. The fourth-order valence-electron chi connectivity index (χ4n) is 4.25. The lowest BCUT2D eigenvalue weighted by Crippen LogP contribution is -2.55. The number of carbonyl (C=O) groups excluding carboxylic acids is 4. The van der Waals surface area contributed by atoms with Crippen LogP contribution < -0.4 is 10.6 Å². The Morgan fingerprint density at radius 3 is 2.42 bits per heavy atom. The molecule has 2 aromatic rings. The van der Waals surface area contributed by atoms with Crippen LogP contribution in [0.25, 0.3) is 0 Å². The van der Waals surface area contributed by atoms with Crippen LogP contribution in [0.15, 0.2) is 48.9 Å². The summed E-state index contributed by atoms with van der Waals surface area (Å²) < 4.78 is 15.8. The third-order valence-corrected chi connectivity index (χ3v) is 6.11. The molecular formula is C26H31BN4O9. The maximum atomic E-state index is 13.6. The van der Waals surface area contributed by atoms with Crippen molar-refractivity contribution in [2.75, 3.05) is 7.11 Å². The van der Waals surface area contributed by atoms with Gasteiger partial charge in [-0.05, 0) is 17.9 Å². The molecule has 212 valence electrons. The van der Waals surface area contributed by atoms with E-state index in [1.165, 1.54) is 18.6 Å². The number of nitrogens with one attached hydrogen (secondary N) is 2. The summed E-state index contributed by atoms with van der Waals surface area (Å²) in [7, 11) is -0.297. The van der Waals surface area contributed by atoms with E-state index in [0.717, 1.165) is 12.7 Å². The van der Waals surface area contributed by atoms with Crippen molar-refractivity contribution in [3.8, 4) is 0 Å². The Morgan fingerprint density at radius 2 is 1.82 bits per heavy atom. The van der Waals surface area contributed by atoms with Gasteiger partial charge in [0.15, 0.2) is 5.60 Å². The van der Waals surface area contributed by atoms with E-state index in [9.17, 15) is 29.1 Å². The molecule has 1 aromatic heterocycles. The molecule has 0 unspecified atom stereocenters. The van der Waals surface area contributed by atoms with Crippen molar-refractivity contribution in [1.82, 2.24) is 20.6 Å². The van der Waals surface area contributed by atoms with Gasteiger partial charge in [0.05, 0.1) is 32.1 Å². The molecule has 13 nitrogen and oxygen atoms in total. The first kappa shape index (κ1) is 30.2. The number of carbonyl (C=O) groups is 5. The quantitative estimate of drug-likeness (QED) is 0.234. The number of carboxylic acids is 1. The molecule has 1 fully saturated rings. The van der Waals surface area contributed by atoms with Gasteiger partial charge in [-0.15, -0.1) is 0 Å². The van der Waals surface area contributed by atoms with E-state index in [0.29, 0.717) is 0 Å². The van der Waals surface area contributed by atoms with E-state index in [-0.39, 0.29) is 24.5 Å². The van der Waals surface area contributed by atoms with Crippen molar-refractivity contribution in [1.29, 1.82) is 0 Å². The average Bonchev–Trinajstić information content (AvgIpc) is 3.22. The summed E-state index contributed by atoms with van der Waals surface area (Å²) in [4.78, 5) is 70.6. The van der Waals surface area contributed by atoms with Crippen LogP contribution in [0.2, 0.25) is 0 Å². The minimum atomic E-state index is -2.12. The predicted molar refractivity (Wildman–Crippen MR) is 139 cm³/mol. The monoisotopic (exact) mass is 554 g/mol. The number of esters is 1. The van der Waals surface area contributed by atoms with E-state index in [1.807, 2.05) is 19.9 Å². The number of methoxy groups -OCH3 is 1. The number of nitrogens with zero attached hydrogens (tertiary/aromatic N) is 2. The summed E-state index contributed by atoms with van der Waals surface area (Å²) in [5.41, 5.74) is -1.33. The molecule has 0 bridgehead atoms. The highest BCUT2D eigenvalue weighted by molar-refractivity contribution is 6.51. The average molecular weight is 554 g/mol. The molecule has 0 saturated carbocycles. The van der Waals surface area contributed by atoms with Crippen LogP contribution in [0.4, 0.5) is 0 Å². The first-order valence-corrected chi connectivity index (χ1v) is 12.6. The zero-order valence-electron chi connectivity index (χ0n) is 22.4. The highest BCUT2D eigenvalue weighted by Crippen LogP contribution is 2.32. The number of hydrogen-bond donors (Lipinski definition) is 3. The normalized spacial score (nSPS) is 18.0. The molecular weight excluding hydrogens is 523 g/mol. The van der Waals surface area contributed by atoms with Crippen LogP contribution in [0.3, 0.4) is 0 Å². The third-order valence-electron chi connectivity index (χ3n) is 6.11. The highest BCUT2D eigenvalue weighted by Gasteiger charge is 2.58. The van der Waals surface area contributed by atoms with E-state index in [1.54, 1.807) is 24.3 Å². The summed E-state index contributed by atoms with van der Waals surface area (Å²) >= 11 is 0. The van der Waals surface area contributed by atoms with Crippen LogP contribution in [0, 0.1) is 5.92 Å². The van der Waals surface area contributed by atoms with Crippen molar-refractivity contribution in [3.05, 3.63) is 60.2 Å². The second-order valence-electron chi connectivity index (χ2n) is 9.76. The first-order chi connectivity index (χ1) is 19.0. The van der Waals surface area contributed by atoms with Crippen LogP contribution in [-0.2, 0) is 39.6 Å². The van der Waals surface area contributed by atoms with Crippen LogP contribution in [-0.4, -0.2) is 76.6 Å². The second kappa shape index (κ2) is 13.6. The molecule has 1 aromatic carbocycles. The van der Waals surface area contributed by atoms with E-state index in [4.69, 9.17) is 9.31 Å². The Balaban J connectivity index is 1.85. The lowest BCUT2D eigenvalue weighted by Gasteiger charge is -2.26. The van der Waals surface area contributed by atoms with E-state index < -0.39 is 67.3 Å². The Bertz CT molecular complexity index is 1220. The van der Waals surface area contributed by atoms with Gasteiger partial charge in [-0.3, -0.25) is 29.0 Å². The molecule has 1 saturated heterocycles. The smallest absolute Gasteiger partial charge is 0.506 e. The fourth-order valence-corrected chi connectivity index (χ4v) is 4.25. The topological polar surface area (TPSA) is 183 Å². The predicted octanol–water partition coefficient (Wildman–Crippen LogP) is 0.726. The number of aromatic nitrogens is 2. The number of ether oxygens (including phenoxy) is 1. The molecule has 40 heavy (non-hydrogen) atoms. The Hall–Kier alpha value is -4.33. The summed E-state index contributed by atoms with van der Waals surface area (Å²) in [6.07, 6.45) is 2.90. The maximum absolute atomic E-state index is 13.6. The van der Waals surface area contributed by atoms with Gasteiger partial charge in [0.25, 0.3) is 5.91 Å². The van der Waals surface area contributed by atoms with Gasteiger partial charge in [-0.25, -0.2) is 4.98 Å². The Labute approximate surface area is 231 Å². The molecule has 3 rings (SSSR count). The van der Waals surface area contributed by atoms with E-state index >= 15 is 0 Å². The molecule has 14 heteroatoms. The van der Waals surface area contributed by atoms with E-state index in [2.05, 4.69) is 25.3 Å². The molecule has 2 amide bonds. The summed E-state index contributed by atoms with van der Waals surface area (Å²) in [5, 5.41) is 14.9. The molecule has 2 heterocycles. The third kappa shape index (κ3) is 8.09. The van der Waals surface area contributed by atoms with Gasteiger partial charge in [0.1, 0.15) is 11.7 Å². The van der Waals surface area contributed by atoms with Crippen molar-refractivity contribution in [3.63, 3.8) is 0 Å². The van der Waals surface area contributed by atoms with Gasteiger partial charge in [0.2, 0.25) is 5.91 Å². The largest absolute Gasteiger partial charge is 0.552 e. The number of benzene rings is 1. The van der Waals surface area contributed by atoms with Gasteiger partial charge in [0, 0.05) is 18.8 Å². The fraction of sp³-hybridized carbons (Fsp3) is 0.423. The zero-order chi connectivity index (χ0) is 29.3. The molecule has 0 radical (unpaired) electrons. The van der Waals surface area contributed by atoms with Crippen molar-refractivity contribution in [2.45, 2.75) is 57.1 Å². The lowest BCUT2D eigenvalue weighted by molar-refractivity contribution is -0.159. The van der Waals surface area contributed by atoms with Crippen molar-refractivity contribution < 1.29 is 43.1 Å². The number of aliphatic carboxylic acids is 1. The van der Waals surface area contributed by atoms with Gasteiger partial charge in [-0.1, -0.05) is 44.2 Å². The van der Waals surface area contributed by atoms with Crippen LogP contribution in [0.5, 0.6) is 0 Å². The molecule has 1 aliphatic heterocycles. The molecule has 0 aliphatic carbocycles. The first-order valence-electron chi connectivity index (χ1n) is 12.6. The summed E-state index contributed by atoms with van der Waals surface area (Å²) in [5.74, 6) is -5.48. The zero-order valence-corrected chi connectivity index (χ0v) is 22.4. The summed E-state index contributed by atoms with van der Waals surface area (Å²) in [6.45, 7) is 3.73. The van der Waals surface area contributed by atoms with Gasteiger partial charge < -0.3 is 29.8 Å². The van der Waals surface area contributed by atoms with Crippen molar-refractivity contribution in [2.24, 2.45) is 5.92 Å². The standard InChI is InChI=1S/C26H31BN4O9/c1-16(2)11-20(27-39-25(37)26(40-27,13-21(32)33)14-22(34)38-3)31-23(35)18(12-17-7-5-4-6-8-17)30-24(36)19-15-28-9-10-29-19/h4-10,15-16,18,20H,11-14H2,1-3H3,(H,30,36)(H,31,35)(H,32,33)/t18-,20-,26+/m0/s1. The number of amides is 2. The SMILES string of the molecule is COC(=O)C[C@@]1(CC(=O)O)OB([C@H](CC(C)C)NC(=O)[C@H](Cc2ccccc2)NC(=O)c2cnccn2)OC1=O. The van der Waals surface area contributed by atoms with Crippen LogP contribution >= 0.6 is 0 Å². The molecule has 3 N–H and O–H groups in total. The summed E-state index contributed by atoms with van der Waals surface area (Å²) in [6, 6.07) is 7.95. The van der Waals surface area contributed by atoms with Crippen LogP contribution in [0.1, 0.15) is 49.2 Å². The van der Waals surface area contributed by atoms with Gasteiger partial charge in [-0.2, -0.15) is 0 Å². The Morgan fingerprint density at radius 1 is 1.10 bits per heavy atom. The molecule has 1 aliphatic rings. The highest BCUT2D eigenvalue weighted by atomic mass is 16.7. The lowest BCUT2D eigenvalue weighted by atomic mass is 9.73. The second-order valence-corrected chi connectivity index (χ2v) is 9.76. The Kier molecular flexibility index (Phi) is 10.3. The number of rotatable bonds is 13. The maximum Gasteiger partial charge on any atom is 0.552 e. The molecule has 3 atom stereocenters. The van der Waals surface area contributed by atoms with Crippen molar-refractivity contribution >= 4 is 36.8 Å². The number of carboxylic acid groups (broad SMARTS) is 1. The minimum absolute atomic E-state index is 0.0152. The molecule has 0 spiro atoms. The van der Waals surface area contributed by atoms with Gasteiger partial charge >= 0.3 is 25.0 Å².